The first-order valence-electron chi connectivity index (χ1n) is 7.34. The summed E-state index contributed by atoms with van der Waals surface area (Å²) in [5.74, 6) is 0.103. The number of fused-ring (bicyclic) bond motifs is 2. The van der Waals surface area contributed by atoms with Gasteiger partial charge in [-0.1, -0.05) is 30.3 Å². The molecule has 3 unspecified atom stereocenters. The van der Waals surface area contributed by atoms with Gasteiger partial charge in [-0.2, -0.15) is 0 Å². The molecule has 3 heteroatoms. The second kappa shape index (κ2) is 5.33. The Bertz CT molecular complexity index is 433. The molecule has 1 aromatic rings. The zero-order valence-corrected chi connectivity index (χ0v) is 11.4. The van der Waals surface area contributed by atoms with Gasteiger partial charge in [0.2, 0.25) is 5.91 Å². The van der Waals surface area contributed by atoms with E-state index in [1.54, 1.807) is 0 Å². The van der Waals surface area contributed by atoms with Gasteiger partial charge in [-0.15, -0.1) is 0 Å². The van der Waals surface area contributed by atoms with Crippen molar-refractivity contribution in [1.82, 2.24) is 10.6 Å². The molecule has 2 N–H and O–H groups in total. The summed E-state index contributed by atoms with van der Waals surface area (Å²) in [6.45, 7) is 1.99. The van der Waals surface area contributed by atoms with E-state index in [-0.39, 0.29) is 11.8 Å². The van der Waals surface area contributed by atoms with Gasteiger partial charge < -0.3 is 10.6 Å². The minimum atomic E-state index is -0.0614. The lowest BCUT2D eigenvalue weighted by molar-refractivity contribution is -0.123. The van der Waals surface area contributed by atoms with E-state index in [2.05, 4.69) is 10.6 Å². The van der Waals surface area contributed by atoms with Crippen LogP contribution in [0.5, 0.6) is 0 Å². The van der Waals surface area contributed by atoms with E-state index in [1.807, 2.05) is 37.3 Å². The maximum atomic E-state index is 12.3. The van der Waals surface area contributed by atoms with Gasteiger partial charge in [-0.05, 0) is 38.2 Å². The molecule has 19 heavy (non-hydrogen) atoms. The quantitative estimate of drug-likeness (QED) is 0.872. The van der Waals surface area contributed by atoms with Crippen LogP contribution < -0.4 is 10.6 Å². The lowest BCUT2D eigenvalue weighted by Crippen LogP contribution is -2.48. The van der Waals surface area contributed by atoms with Crippen molar-refractivity contribution in [3.05, 3.63) is 35.9 Å². The van der Waals surface area contributed by atoms with Gasteiger partial charge in [0.15, 0.2) is 0 Å². The zero-order chi connectivity index (χ0) is 13.2. The highest BCUT2D eigenvalue weighted by Crippen LogP contribution is 2.27. The molecule has 2 heterocycles. The van der Waals surface area contributed by atoms with Crippen LogP contribution in [0.3, 0.4) is 0 Å². The maximum Gasteiger partial charge on any atom is 0.227 e. The molecule has 0 aliphatic carbocycles. The van der Waals surface area contributed by atoms with Gasteiger partial charge in [0.1, 0.15) is 0 Å². The van der Waals surface area contributed by atoms with Gasteiger partial charge in [0, 0.05) is 18.1 Å². The summed E-state index contributed by atoms with van der Waals surface area (Å²) >= 11 is 0. The van der Waals surface area contributed by atoms with Crippen LogP contribution in [0.1, 0.15) is 44.1 Å². The van der Waals surface area contributed by atoms with Crippen LogP contribution in [0.15, 0.2) is 30.3 Å². The van der Waals surface area contributed by atoms with Gasteiger partial charge >= 0.3 is 0 Å². The topological polar surface area (TPSA) is 41.1 Å². The van der Waals surface area contributed by atoms with Crippen LogP contribution in [-0.2, 0) is 4.79 Å². The Hall–Kier alpha value is -1.35. The Morgan fingerprint density at radius 2 is 1.84 bits per heavy atom. The monoisotopic (exact) mass is 258 g/mol. The van der Waals surface area contributed by atoms with Crippen LogP contribution >= 0.6 is 0 Å². The SMILES string of the molecule is CC(C(=O)NC1CC2CCC(C1)N2)c1ccccc1. The summed E-state index contributed by atoms with van der Waals surface area (Å²) in [5.41, 5.74) is 1.09. The van der Waals surface area contributed by atoms with Crippen LogP contribution in [0.4, 0.5) is 0 Å². The second-order valence-electron chi connectivity index (χ2n) is 5.95. The number of rotatable bonds is 3. The van der Waals surface area contributed by atoms with Crippen LogP contribution in [0.2, 0.25) is 0 Å². The summed E-state index contributed by atoms with van der Waals surface area (Å²) in [4.78, 5) is 12.3. The highest BCUT2D eigenvalue weighted by Gasteiger charge is 2.34. The first-order valence-corrected chi connectivity index (χ1v) is 7.34. The predicted octanol–water partition coefficient (Wildman–Crippen LogP) is 2.19. The van der Waals surface area contributed by atoms with E-state index < -0.39 is 0 Å². The minimum Gasteiger partial charge on any atom is -0.353 e. The third kappa shape index (κ3) is 2.81. The van der Waals surface area contributed by atoms with Gasteiger partial charge in [-0.25, -0.2) is 0 Å². The summed E-state index contributed by atoms with van der Waals surface area (Å²) in [5, 5.41) is 6.84. The van der Waals surface area contributed by atoms with Gasteiger partial charge in [-0.3, -0.25) is 4.79 Å². The third-order valence-electron chi connectivity index (χ3n) is 4.51. The largest absolute Gasteiger partial charge is 0.353 e. The van der Waals surface area contributed by atoms with E-state index in [0.29, 0.717) is 18.1 Å². The van der Waals surface area contributed by atoms with E-state index in [9.17, 15) is 4.79 Å². The molecule has 0 saturated carbocycles. The van der Waals surface area contributed by atoms with Crippen molar-refractivity contribution < 1.29 is 4.79 Å². The smallest absolute Gasteiger partial charge is 0.227 e. The summed E-state index contributed by atoms with van der Waals surface area (Å²) in [7, 11) is 0. The Morgan fingerprint density at radius 3 is 2.47 bits per heavy atom. The van der Waals surface area contributed by atoms with Gasteiger partial charge in [0.25, 0.3) is 0 Å². The lowest BCUT2D eigenvalue weighted by Gasteiger charge is -2.30. The van der Waals surface area contributed by atoms with Crippen molar-refractivity contribution in [1.29, 1.82) is 0 Å². The molecule has 0 spiro atoms. The van der Waals surface area contributed by atoms with Crippen molar-refractivity contribution in [2.24, 2.45) is 0 Å². The predicted molar refractivity (Wildman–Crippen MR) is 76.0 cm³/mol. The fourth-order valence-corrected chi connectivity index (χ4v) is 3.39. The first kappa shape index (κ1) is 12.7. The fourth-order valence-electron chi connectivity index (χ4n) is 3.39. The molecular formula is C16H22N2O. The first-order chi connectivity index (χ1) is 9.22. The molecule has 1 aromatic carbocycles. The number of amides is 1. The van der Waals surface area contributed by atoms with Crippen molar-refractivity contribution in [2.75, 3.05) is 0 Å². The summed E-state index contributed by atoms with van der Waals surface area (Å²) < 4.78 is 0. The van der Waals surface area contributed by atoms with Crippen LogP contribution in [-0.4, -0.2) is 24.0 Å². The van der Waals surface area contributed by atoms with Crippen LogP contribution in [0, 0.1) is 0 Å². The Kier molecular flexibility index (Phi) is 3.56. The molecule has 3 nitrogen and oxygen atoms in total. The molecule has 3 rings (SSSR count). The average Bonchev–Trinajstić information content (AvgIpc) is 2.78. The van der Waals surface area contributed by atoms with Gasteiger partial charge in [0.05, 0.1) is 5.92 Å². The number of hydrogen-bond acceptors (Lipinski definition) is 2. The molecule has 1 amide bonds. The van der Waals surface area contributed by atoms with Crippen molar-refractivity contribution in [3.8, 4) is 0 Å². The van der Waals surface area contributed by atoms with E-state index in [0.717, 1.165) is 18.4 Å². The van der Waals surface area contributed by atoms with E-state index >= 15 is 0 Å². The van der Waals surface area contributed by atoms with Crippen molar-refractivity contribution >= 4 is 5.91 Å². The minimum absolute atomic E-state index is 0.0614. The Morgan fingerprint density at radius 1 is 1.21 bits per heavy atom. The van der Waals surface area contributed by atoms with E-state index in [4.69, 9.17) is 0 Å². The Labute approximate surface area is 114 Å². The van der Waals surface area contributed by atoms with Crippen molar-refractivity contribution in [3.63, 3.8) is 0 Å². The summed E-state index contributed by atoms with van der Waals surface area (Å²) in [6, 6.07) is 11.6. The standard InChI is InChI=1S/C16H22N2O/c1-11(12-5-3-2-4-6-12)16(19)18-15-9-13-7-8-14(10-15)17-13/h2-6,11,13-15,17H,7-10H2,1H3,(H,18,19). The molecule has 3 atom stereocenters. The van der Waals surface area contributed by atoms with Crippen molar-refractivity contribution in [2.45, 2.75) is 56.7 Å². The number of benzene rings is 1. The third-order valence-corrected chi connectivity index (χ3v) is 4.51. The number of carbonyl (C=O) groups is 1. The molecule has 2 aliphatic rings. The molecule has 2 bridgehead atoms. The molecule has 0 radical (unpaired) electrons. The highest BCUT2D eigenvalue weighted by atomic mass is 16.1. The fraction of sp³-hybridized carbons (Fsp3) is 0.562. The molecule has 0 aromatic heterocycles. The number of hydrogen-bond donors (Lipinski definition) is 2. The molecular weight excluding hydrogens is 236 g/mol. The zero-order valence-electron chi connectivity index (χ0n) is 11.4. The molecule has 2 aliphatic heterocycles. The second-order valence-corrected chi connectivity index (χ2v) is 5.95. The van der Waals surface area contributed by atoms with Crippen LogP contribution in [0.25, 0.3) is 0 Å². The normalized spacial score (nSPS) is 30.9. The highest BCUT2D eigenvalue weighted by molar-refractivity contribution is 5.83. The van der Waals surface area contributed by atoms with E-state index in [1.165, 1.54) is 12.8 Å². The number of nitrogens with one attached hydrogen (secondary N) is 2. The average molecular weight is 258 g/mol. The summed E-state index contributed by atoms with van der Waals surface area (Å²) in [6.07, 6.45) is 4.71. The number of carbonyl (C=O) groups excluding carboxylic acids is 1. The molecule has 102 valence electrons. The Balaban J connectivity index is 1.59. The maximum absolute atomic E-state index is 12.3. The lowest BCUT2D eigenvalue weighted by atomic mass is 9.96. The molecule has 2 saturated heterocycles. The molecule has 2 fully saturated rings. The number of piperidine rings is 1.